The predicted octanol–water partition coefficient (Wildman–Crippen LogP) is 0.285. The molecule has 0 aliphatic carbocycles. The second-order valence-corrected chi connectivity index (χ2v) is 4.65. The maximum absolute atomic E-state index is 11.6. The average Bonchev–Trinajstić information content (AvgIpc) is 2.40. The van der Waals surface area contributed by atoms with Gasteiger partial charge >= 0.3 is 11.9 Å². The summed E-state index contributed by atoms with van der Waals surface area (Å²) in [6.45, 7) is 0. The van der Waals surface area contributed by atoms with E-state index in [2.05, 4.69) is 31.9 Å². The van der Waals surface area contributed by atoms with E-state index in [1.165, 1.54) is 0 Å². The number of hydrogen-bond acceptors (Lipinski definition) is 4. The summed E-state index contributed by atoms with van der Waals surface area (Å²) in [4.78, 5) is 44.9. The number of imide groups is 1. The van der Waals surface area contributed by atoms with Crippen molar-refractivity contribution in [3.63, 3.8) is 0 Å². The molecule has 2 amide bonds. The number of carbonyl (C=O) groups is 4. The van der Waals surface area contributed by atoms with Crippen molar-refractivity contribution in [2.75, 3.05) is 0 Å². The number of rotatable bonds is 4. The molecule has 9 heteroatoms. The third kappa shape index (κ3) is 2.55. The molecule has 0 bridgehead atoms. The molecule has 0 aromatic rings. The lowest BCUT2D eigenvalue weighted by atomic mass is 10.2. The van der Waals surface area contributed by atoms with Crippen LogP contribution in [0.15, 0.2) is 8.96 Å². The molecule has 1 aliphatic heterocycles. The van der Waals surface area contributed by atoms with Crippen LogP contribution in [-0.2, 0) is 19.2 Å². The molecule has 2 N–H and O–H groups in total. The second kappa shape index (κ2) is 4.96. The lowest BCUT2D eigenvalue weighted by Gasteiger charge is -2.20. The van der Waals surface area contributed by atoms with Gasteiger partial charge in [-0.2, -0.15) is 0 Å². The van der Waals surface area contributed by atoms with Crippen LogP contribution in [0.5, 0.6) is 0 Å². The maximum atomic E-state index is 11.6. The largest absolute Gasteiger partial charge is 0.481 e. The maximum Gasteiger partial charge on any atom is 0.327 e. The molecule has 0 fully saturated rings. The summed E-state index contributed by atoms with van der Waals surface area (Å²) in [7, 11) is 0. The molecule has 1 aliphatic rings. The van der Waals surface area contributed by atoms with Crippen molar-refractivity contribution in [2.45, 2.75) is 12.5 Å². The Labute approximate surface area is 111 Å². The predicted molar refractivity (Wildman–Crippen MR) is 60.4 cm³/mol. The zero-order chi connectivity index (χ0) is 13.3. The van der Waals surface area contributed by atoms with Crippen molar-refractivity contribution in [1.29, 1.82) is 0 Å². The van der Waals surface area contributed by atoms with Gasteiger partial charge in [0, 0.05) is 0 Å². The van der Waals surface area contributed by atoms with Crippen molar-refractivity contribution < 1.29 is 29.4 Å². The van der Waals surface area contributed by atoms with Crippen LogP contribution >= 0.6 is 31.9 Å². The van der Waals surface area contributed by atoms with Crippen LogP contribution in [0, 0.1) is 0 Å². The Balaban J connectivity index is 3.07. The molecule has 0 aromatic heterocycles. The number of halogens is 2. The molecule has 0 saturated heterocycles. The van der Waals surface area contributed by atoms with Gasteiger partial charge < -0.3 is 10.2 Å². The molecular formula is C8H5Br2NO6. The van der Waals surface area contributed by atoms with Gasteiger partial charge in [0.05, 0.1) is 6.42 Å². The summed E-state index contributed by atoms with van der Waals surface area (Å²) in [5, 5.41) is 17.4. The Hall–Kier alpha value is -1.22. The molecule has 17 heavy (non-hydrogen) atoms. The van der Waals surface area contributed by atoms with E-state index in [-0.39, 0.29) is 8.96 Å². The number of carbonyl (C=O) groups excluding carboxylic acids is 2. The first-order valence-corrected chi connectivity index (χ1v) is 5.73. The second-order valence-electron chi connectivity index (χ2n) is 3.06. The summed E-state index contributed by atoms with van der Waals surface area (Å²) in [5.74, 6) is -4.74. The number of amides is 2. The fourth-order valence-electron chi connectivity index (χ4n) is 1.23. The molecule has 1 unspecified atom stereocenters. The minimum atomic E-state index is -1.73. The molecule has 0 radical (unpaired) electrons. The van der Waals surface area contributed by atoms with Crippen LogP contribution in [0.25, 0.3) is 0 Å². The number of carboxylic acids is 2. The number of carboxylic acid groups (broad SMARTS) is 2. The van der Waals surface area contributed by atoms with Crippen LogP contribution in [0.4, 0.5) is 0 Å². The van der Waals surface area contributed by atoms with Crippen LogP contribution in [-0.4, -0.2) is 44.9 Å². The molecule has 0 saturated carbocycles. The van der Waals surface area contributed by atoms with Gasteiger partial charge in [0.25, 0.3) is 11.8 Å². The standard InChI is InChI=1S/C8H5Br2NO6/c9-4-5(10)7(15)11(6(4)14)2(8(16)17)1-3(12)13/h2H,1H2,(H,12,13)(H,16,17). The first-order valence-electron chi connectivity index (χ1n) is 4.15. The van der Waals surface area contributed by atoms with Crippen molar-refractivity contribution in [3.8, 4) is 0 Å². The van der Waals surface area contributed by atoms with Gasteiger partial charge in [-0.1, -0.05) is 0 Å². The zero-order valence-electron chi connectivity index (χ0n) is 8.02. The third-order valence-electron chi connectivity index (χ3n) is 1.97. The topological polar surface area (TPSA) is 112 Å². The van der Waals surface area contributed by atoms with Crippen molar-refractivity contribution in [2.24, 2.45) is 0 Å². The monoisotopic (exact) mass is 369 g/mol. The highest BCUT2D eigenvalue weighted by molar-refractivity contribution is 9.14. The van der Waals surface area contributed by atoms with E-state index in [1.54, 1.807) is 0 Å². The van der Waals surface area contributed by atoms with Crippen LogP contribution in [0.2, 0.25) is 0 Å². The Kier molecular flexibility index (Phi) is 4.04. The van der Waals surface area contributed by atoms with Crippen LogP contribution < -0.4 is 0 Å². The highest BCUT2D eigenvalue weighted by atomic mass is 79.9. The molecule has 1 rings (SSSR count). The summed E-state index contributed by atoms with van der Waals surface area (Å²) in [6.07, 6.45) is -0.854. The Morgan fingerprint density at radius 2 is 1.53 bits per heavy atom. The van der Waals surface area contributed by atoms with E-state index in [0.717, 1.165) is 0 Å². The van der Waals surface area contributed by atoms with Crippen LogP contribution in [0.3, 0.4) is 0 Å². The fraction of sp³-hybridized carbons (Fsp3) is 0.250. The van der Waals surface area contributed by atoms with Gasteiger partial charge in [0.2, 0.25) is 0 Å². The molecular weight excluding hydrogens is 366 g/mol. The first-order chi connectivity index (χ1) is 7.77. The van der Waals surface area contributed by atoms with E-state index < -0.39 is 36.2 Å². The SMILES string of the molecule is O=C(O)CC(C(=O)O)N1C(=O)C(Br)=C(Br)C1=O. The normalized spacial score (nSPS) is 17.6. The minimum Gasteiger partial charge on any atom is -0.481 e. The van der Waals surface area contributed by atoms with Crippen molar-refractivity contribution in [1.82, 2.24) is 4.90 Å². The van der Waals surface area contributed by atoms with Gasteiger partial charge in [-0.05, 0) is 31.9 Å². The molecule has 0 aromatic carbocycles. The summed E-state index contributed by atoms with van der Waals surface area (Å²) in [6, 6.07) is -1.73. The Morgan fingerprint density at radius 1 is 1.12 bits per heavy atom. The summed E-state index contributed by atoms with van der Waals surface area (Å²) in [5.41, 5.74) is 0. The number of nitrogens with zero attached hydrogens (tertiary/aromatic N) is 1. The Bertz CT molecular complexity index is 433. The molecule has 1 atom stereocenters. The summed E-state index contributed by atoms with van der Waals surface area (Å²) < 4.78 is -0.252. The van der Waals surface area contributed by atoms with E-state index >= 15 is 0 Å². The smallest absolute Gasteiger partial charge is 0.327 e. The quantitative estimate of drug-likeness (QED) is 0.687. The van der Waals surface area contributed by atoms with E-state index in [1.807, 2.05) is 0 Å². The van der Waals surface area contributed by atoms with Crippen molar-refractivity contribution in [3.05, 3.63) is 8.96 Å². The van der Waals surface area contributed by atoms with E-state index in [0.29, 0.717) is 4.90 Å². The number of hydrogen-bond donors (Lipinski definition) is 2. The molecule has 1 heterocycles. The molecule has 0 spiro atoms. The first kappa shape index (κ1) is 13.8. The third-order valence-corrected chi connectivity index (χ3v) is 3.97. The highest BCUT2D eigenvalue weighted by Gasteiger charge is 2.44. The lowest BCUT2D eigenvalue weighted by Crippen LogP contribution is -2.46. The van der Waals surface area contributed by atoms with Crippen molar-refractivity contribution >= 4 is 55.6 Å². The molecule has 92 valence electrons. The fourth-order valence-corrected chi connectivity index (χ4v) is 1.95. The van der Waals surface area contributed by atoms with E-state index in [9.17, 15) is 19.2 Å². The van der Waals surface area contributed by atoms with Gasteiger partial charge in [-0.3, -0.25) is 19.3 Å². The van der Waals surface area contributed by atoms with Gasteiger partial charge in [0.1, 0.15) is 15.0 Å². The number of aliphatic carboxylic acids is 2. The Morgan fingerprint density at radius 3 is 1.82 bits per heavy atom. The lowest BCUT2D eigenvalue weighted by molar-refractivity contribution is -0.156. The molecule has 7 nitrogen and oxygen atoms in total. The highest BCUT2D eigenvalue weighted by Crippen LogP contribution is 2.31. The van der Waals surface area contributed by atoms with Crippen LogP contribution in [0.1, 0.15) is 6.42 Å². The van der Waals surface area contributed by atoms with Gasteiger partial charge in [-0.15, -0.1) is 0 Å². The zero-order valence-corrected chi connectivity index (χ0v) is 11.2. The average molecular weight is 371 g/mol. The van der Waals surface area contributed by atoms with E-state index in [4.69, 9.17) is 10.2 Å². The summed E-state index contributed by atoms with van der Waals surface area (Å²) >= 11 is 5.63. The van der Waals surface area contributed by atoms with Gasteiger partial charge in [-0.25, -0.2) is 4.79 Å². The minimum absolute atomic E-state index is 0.126. The van der Waals surface area contributed by atoms with Gasteiger partial charge in [0.15, 0.2) is 0 Å².